The first-order valence-electron chi connectivity index (χ1n) is 6.30. The van der Waals surface area contributed by atoms with Gasteiger partial charge in [-0.3, -0.25) is 4.79 Å². The highest BCUT2D eigenvalue weighted by atomic mass is 79.9. The highest BCUT2D eigenvalue weighted by molar-refractivity contribution is 9.10. The summed E-state index contributed by atoms with van der Waals surface area (Å²) in [7, 11) is 0. The van der Waals surface area contributed by atoms with Crippen LogP contribution in [0.25, 0.3) is 10.2 Å². The van der Waals surface area contributed by atoms with Gasteiger partial charge in [0.15, 0.2) is 5.13 Å². The van der Waals surface area contributed by atoms with Gasteiger partial charge in [0.1, 0.15) is 0 Å². The molecule has 0 saturated carbocycles. The molecule has 0 bridgehead atoms. The molecule has 0 saturated heterocycles. The van der Waals surface area contributed by atoms with Gasteiger partial charge in [0.25, 0.3) is 0 Å². The van der Waals surface area contributed by atoms with E-state index in [2.05, 4.69) is 26.2 Å². The second-order valence-electron chi connectivity index (χ2n) is 4.60. The molecule has 0 aliphatic heterocycles. The van der Waals surface area contributed by atoms with Gasteiger partial charge in [0, 0.05) is 10.2 Å². The Labute approximate surface area is 134 Å². The molecule has 106 valence electrons. The highest BCUT2D eigenvalue weighted by Gasteiger charge is 2.08. The number of nitrogens with zero attached hydrogens (tertiary/aromatic N) is 1. The van der Waals surface area contributed by atoms with Crippen LogP contribution in [-0.2, 0) is 11.2 Å². The monoisotopic (exact) mass is 361 g/mol. The number of nitrogens with two attached hydrogens (primary N) is 1. The number of fused-ring (bicyclic) bond motifs is 1. The van der Waals surface area contributed by atoms with E-state index in [1.54, 1.807) is 6.07 Å². The van der Waals surface area contributed by atoms with Crippen LogP contribution in [0.1, 0.15) is 5.56 Å². The molecule has 0 aliphatic rings. The number of hydrogen-bond donors (Lipinski definition) is 2. The van der Waals surface area contributed by atoms with Crippen molar-refractivity contribution < 1.29 is 4.79 Å². The lowest BCUT2D eigenvalue weighted by Crippen LogP contribution is -2.14. The molecule has 1 amide bonds. The minimum Gasteiger partial charge on any atom is -0.399 e. The maximum atomic E-state index is 12.0. The smallest absolute Gasteiger partial charge is 0.230 e. The summed E-state index contributed by atoms with van der Waals surface area (Å²) in [5, 5.41) is 3.42. The number of aromatic nitrogens is 1. The Morgan fingerprint density at radius 3 is 2.76 bits per heavy atom. The van der Waals surface area contributed by atoms with Crippen LogP contribution in [-0.4, -0.2) is 10.9 Å². The number of thiazole rings is 1. The van der Waals surface area contributed by atoms with Crippen molar-refractivity contribution in [1.29, 1.82) is 0 Å². The van der Waals surface area contributed by atoms with Crippen molar-refractivity contribution in [2.75, 3.05) is 11.1 Å². The molecule has 0 spiro atoms. The summed E-state index contributed by atoms with van der Waals surface area (Å²) < 4.78 is 1.96. The zero-order valence-corrected chi connectivity index (χ0v) is 13.4. The number of nitrogen functional groups attached to an aromatic ring is 1. The van der Waals surface area contributed by atoms with Gasteiger partial charge >= 0.3 is 0 Å². The van der Waals surface area contributed by atoms with Crippen molar-refractivity contribution in [3.8, 4) is 0 Å². The molecular weight excluding hydrogens is 350 g/mol. The molecule has 3 aromatic rings. The standard InChI is InChI=1S/C15H12BrN3OS/c16-10-3-1-9(2-4-10)7-14(20)19-15-18-12-6-5-11(17)8-13(12)21-15/h1-6,8H,7,17H2,(H,18,19,20). The van der Waals surface area contributed by atoms with Crippen molar-refractivity contribution in [2.45, 2.75) is 6.42 Å². The summed E-state index contributed by atoms with van der Waals surface area (Å²) in [4.78, 5) is 16.4. The summed E-state index contributed by atoms with van der Waals surface area (Å²) in [5.41, 5.74) is 8.23. The van der Waals surface area contributed by atoms with Crippen LogP contribution in [0, 0.1) is 0 Å². The molecule has 1 heterocycles. The van der Waals surface area contributed by atoms with E-state index < -0.39 is 0 Å². The van der Waals surface area contributed by atoms with Gasteiger partial charge < -0.3 is 11.1 Å². The zero-order chi connectivity index (χ0) is 14.8. The van der Waals surface area contributed by atoms with Crippen LogP contribution >= 0.6 is 27.3 Å². The normalized spacial score (nSPS) is 10.7. The van der Waals surface area contributed by atoms with E-state index in [0.29, 0.717) is 17.2 Å². The molecule has 0 radical (unpaired) electrons. The fourth-order valence-electron chi connectivity index (χ4n) is 1.95. The van der Waals surface area contributed by atoms with Crippen LogP contribution < -0.4 is 11.1 Å². The van der Waals surface area contributed by atoms with E-state index in [9.17, 15) is 4.79 Å². The first-order valence-corrected chi connectivity index (χ1v) is 7.91. The number of carbonyl (C=O) groups is 1. The van der Waals surface area contributed by atoms with Gasteiger partial charge in [-0.05, 0) is 35.9 Å². The van der Waals surface area contributed by atoms with Gasteiger partial charge in [-0.2, -0.15) is 0 Å². The highest BCUT2D eigenvalue weighted by Crippen LogP contribution is 2.27. The maximum Gasteiger partial charge on any atom is 0.230 e. The molecule has 2 aromatic carbocycles. The Morgan fingerprint density at radius 1 is 1.24 bits per heavy atom. The fourth-order valence-corrected chi connectivity index (χ4v) is 3.14. The minimum absolute atomic E-state index is 0.0793. The molecule has 3 rings (SSSR count). The zero-order valence-electron chi connectivity index (χ0n) is 11.0. The average Bonchev–Trinajstić information content (AvgIpc) is 2.82. The molecule has 1 aromatic heterocycles. The van der Waals surface area contributed by atoms with Crippen LogP contribution in [0.15, 0.2) is 46.9 Å². The SMILES string of the molecule is Nc1ccc2nc(NC(=O)Cc3ccc(Br)cc3)sc2c1. The Hall–Kier alpha value is -1.92. The van der Waals surface area contributed by atoms with Crippen molar-refractivity contribution in [2.24, 2.45) is 0 Å². The van der Waals surface area contributed by atoms with Gasteiger partial charge in [-0.25, -0.2) is 4.98 Å². The molecule has 6 heteroatoms. The van der Waals surface area contributed by atoms with Gasteiger partial charge in [-0.15, -0.1) is 0 Å². The number of nitrogens with one attached hydrogen (secondary N) is 1. The minimum atomic E-state index is -0.0793. The predicted octanol–water partition coefficient (Wildman–Crippen LogP) is 3.82. The van der Waals surface area contributed by atoms with Crippen LogP contribution in [0.5, 0.6) is 0 Å². The molecule has 0 fully saturated rings. The second kappa shape index (κ2) is 5.83. The number of rotatable bonds is 3. The molecule has 0 aliphatic carbocycles. The van der Waals surface area contributed by atoms with E-state index in [1.165, 1.54) is 11.3 Å². The Kier molecular flexibility index (Phi) is 3.90. The summed E-state index contributed by atoms with van der Waals surface area (Å²) in [6.45, 7) is 0. The van der Waals surface area contributed by atoms with Crippen LogP contribution in [0.3, 0.4) is 0 Å². The lowest BCUT2D eigenvalue weighted by atomic mass is 10.1. The van der Waals surface area contributed by atoms with Crippen LogP contribution in [0.4, 0.5) is 10.8 Å². The maximum absolute atomic E-state index is 12.0. The average molecular weight is 362 g/mol. The third kappa shape index (κ3) is 3.40. The van der Waals surface area contributed by atoms with Gasteiger partial charge in [-0.1, -0.05) is 39.4 Å². The molecule has 4 nitrogen and oxygen atoms in total. The van der Waals surface area contributed by atoms with Gasteiger partial charge in [0.2, 0.25) is 5.91 Å². The number of halogens is 1. The second-order valence-corrected chi connectivity index (χ2v) is 6.54. The molecule has 21 heavy (non-hydrogen) atoms. The molecular formula is C15H12BrN3OS. The molecule has 3 N–H and O–H groups in total. The van der Waals surface area contributed by atoms with Gasteiger partial charge in [0.05, 0.1) is 16.6 Å². The van der Waals surface area contributed by atoms with E-state index in [-0.39, 0.29) is 5.91 Å². The first kappa shape index (κ1) is 14.0. The number of carbonyl (C=O) groups excluding carboxylic acids is 1. The first-order chi connectivity index (χ1) is 10.1. The van der Waals surface area contributed by atoms with Crippen molar-refractivity contribution >= 4 is 54.2 Å². The van der Waals surface area contributed by atoms with Crippen LogP contribution in [0.2, 0.25) is 0 Å². The Bertz CT molecular complexity index is 798. The lowest BCUT2D eigenvalue weighted by Gasteiger charge is -2.02. The third-order valence-corrected chi connectivity index (χ3v) is 4.40. The summed E-state index contributed by atoms with van der Waals surface area (Å²) in [6.07, 6.45) is 0.325. The Balaban J connectivity index is 1.72. The van der Waals surface area contributed by atoms with Crippen molar-refractivity contribution in [3.63, 3.8) is 0 Å². The predicted molar refractivity (Wildman–Crippen MR) is 90.5 cm³/mol. The summed E-state index contributed by atoms with van der Waals surface area (Å²) in [5.74, 6) is -0.0793. The number of hydrogen-bond acceptors (Lipinski definition) is 4. The van der Waals surface area contributed by atoms with E-state index in [1.807, 2.05) is 36.4 Å². The van der Waals surface area contributed by atoms with Crippen molar-refractivity contribution in [3.05, 3.63) is 52.5 Å². The molecule has 0 unspecified atom stereocenters. The van der Waals surface area contributed by atoms with E-state index in [4.69, 9.17) is 5.73 Å². The lowest BCUT2D eigenvalue weighted by molar-refractivity contribution is -0.115. The third-order valence-electron chi connectivity index (χ3n) is 2.94. The van der Waals surface area contributed by atoms with Crippen molar-refractivity contribution in [1.82, 2.24) is 4.98 Å². The molecule has 0 atom stereocenters. The summed E-state index contributed by atoms with van der Waals surface area (Å²) in [6, 6.07) is 13.2. The number of amides is 1. The topological polar surface area (TPSA) is 68.0 Å². The number of benzene rings is 2. The fraction of sp³-hybridized carbons (Fsp3) is 0.0667. The Morgan fingerprint density at radius 2 is 2.00 bits per heavy atom. The largest absolute Gasteiger partial charge is 0.399 e. The van der Waals surface area contributed by atoms with E-state index in [0.717, 1.165) is 20.3 Å². The number of anilines is 2. The summed E-state index contributed by atoms with van der Waals surface area (Å²) >= 11 is 4.79. The van der Waals surface area contributed by atoms with E-state index >= 15 is 0 Å². The quantitative estimate of drug-likeness (QED) is 0.696.